The third-order valence-corrected chi connectivity index (χ3v) is 5.24. The molecular formula is C22H20FNO3S. The van der Waals surface area contributed by atoms with E-state index in [4.69, 9.17) is 4.74 Å². The Morgan fingerprint density at radius 2 is 2.00 bits per heavy atom. The number of thiophene rings is 1. The lowest BCUT2D eigenvalue weighted by atomic mass is 10.1. The van der Waals surface area contributed by atoms with E-state index in [1.165, 1.54) is 29.2 Å². The molecule has 0 atom stereocenters. The van der Waals surface area contributed by atoms with Gasteiger partial charge in [-0.1, -0.05) is 18.2 Å². The topological polar surface area (TPSA) is 48.3 Å². The lowest BCUT2D eigenvalue weighted by Crippen LogP contribution is -2.13. The second-order valence-corrected chi connectivity index (χ2v) is 7.40. The Bertz CT molecular complexity index is 1020. The smallest absolute Gasteiger partial charge is 0.331 e. The third kappa shape index (κ3) is 4.84. The number of carbonyl (C=O) groups is 2. The first kappa shape index (κ1) is 19.8. The zero-order valence-electron chi connectivity index (χ0n) is 15.6. The highest BCUT2D eigenvalue weighted by Crippen LogP contribution is 2.20. The quantitative estimate of drug-likeness (QED) is 0.327. The molecule has 1 aromatic carbocycles. The fourth-order valence-corrected chi connectivity index (χ4v) is 3.61. The normalized spacial score (nSPS) is 11.1. The van der Waals surface area contributed by atoms with Gasteiger partial charge < -0.3 is 9.30 Å². The van der Waals surface area contributed by atoms with Crippen LogP contribution in [-0.2, 0) is 16.1 Å². The number of ketones is 1. The molecule has 0 aliphatic rings. The number of ether oxygens (including phenoxy) is 1. The summed E-state index contributed by atoms with van der Waals surface area (Å²) >= 11 is 1.67. The Morgan fingerprint density at radius 3 is 2.71 bits per heavy atom. The predicted molar refractivity (Wildman–Crippen MR) is 108 cm³/mol. The number of hydrogen-bond acceptors (Lipinski definition) is 4. The van der Waals surface area contributed by atoms with Crippen LogP contribution in [0.3, 0.4) is 0 Å². The van der Waals surface area contributed by atoms with Crippen LogP contribution in [0.25, 0.3) is 6.08 Å². The number of carbonyl (C=O) groups excluding carboxylic acids is 2. The first-order valence-corrected chi connectivity index (χ1v) is 9.64. The van der Waals surface area contributed by atoms with Gasteiger partial charge in [-0.2, -0.15) is 0 Å². The number of nitrogens with zero attached hydrogens (tertiary/aromatic N) is 1. The van der Waals surface area contributed by atoms with E-state index in [9.17, 15) is 14.0 Å². The van der Waals surface area contributed by atoms with Crippen molar-refractivity contribution in [3.05, 3.63) is 87.1 Å². The maximum Gasteiger partial charge on any atom is 0.331 e. The average molecular weight is 397 g/mol. The Labute approximate surface area is 166 Å². The van der Waals surface area contributed by atoms with Gasteiger partial charge in [0.15, 0.2) is 6.61 Å². The van der Waals surface area contributed by atoms with Crippen molar-refractivity contribution in [2.45, 2.75) is 20.4 Å². The number of halogens is 1. The molecule has 0 fully saturated rings. The van der Waals surface area contributed by atoms with Gasteiger partial charge >= 0.3 is 5.97 Å². The van der Waals surface area contributed by atoms with E-state index in [0.29, 0.717) is 17.7 Å². The first-order chi connectivity index (χ1) is 13.4. The van der Waals surface area contributed by atoms with E-state index in [2.05, 4.69) is 10.6 Å². The third-order valence-electron chi connectivity index (χ3n) is 4.37. The Balaban J connectivity index is 1.61. The summed E-state index contributed by atoms with van der Waals surface area (Å²) in [5.41, 5.74) is 2.92. The highest BCUT2D eigenvalue weighted by molar-refractivity contribution is 7.09. The standard InChI is InChI=1S/C22H20FNO3S/c1-15-11-20(16(2)24(15)13-19-7-4-10-28-19)21(25)14-27-22(26)9-8-17-5-3-6-18(23)12-17/h3-12H,13-14H2,1-2H3/b9-8+. The van der Waals surface area contributed by atoms with Crippen LogP contribution >= 0.6 is 11.3 Å². The fourth-order valence-electron chi connectivity index (χ4n) is 2.92. The molecule has 0 N–H and O–H groups in total. The first-order valence-electron chi connectivity index (χ1n) is 8.77. The van der Waals surface area contributed by atoms with Gasteiger partial charge in [0, 0.05) is 27.9 Å². The van der Waals surface area contributed by atoms with Crippen molar-refractivity contribution in [3.63, 3.8) is 0 Å². The minimum Gasteiger partial charge on any atom is -0.454 e. The molecule has 0 bridgehead atoms. The number of esters is 1. The van der Waals surface area contributed by atoms with Crippen molar-refractivity contribution in [2.24, 2.45) is 0 Å². The monoisotopic (exact) mass is 397 g/mol. The number of rotatable bonds is 7. The van der Waals surface area contributed by atoms with E-state index in [-0.39, 0.29) is 18.2 Å². The van der Waals surface area contributed by atoms with E-state index in [1.54, 1.807) is 23.5 Å². The van der Waals surface area contributed by atoms with Crippen molar-refractivity contribution in [1.82, 2.24) is 4.57 Å². The molecule has 6 heteroatoms. The van der Waals surface area contributed by atoms with E-state index in [1.807, 2.05) is 31.4 Å². The molecular weight excluding hydrogens is 377 g/mol. The van der Waals surface area contributed by atoms with Crippen LogP contribution in [0.5, 0.6) is 0 Å². The molecule has 4 nitrogen and oxygen atoms in total. The van der Waals surface area contributed by atoms with Crippen LogP contribution in [0, 0.1) is 19.7 Å². The summed E-state index contributed by atoms with van der Waals surface area (Å²) in [7, 11) is 0. The van der Waals surface area contributed by atoms with Crippen LogP contribution in [-0.4, -0.2) is 22.9 Å². The molecule has 0 radical (unpaired) electrons. The van der Waals surface area contributed by atoms with Gasteiger partial charge in [0.1, 0.15) is 5.82 Å². The molecule has 0 spiro atoms. The number of aromatic nitrogens is 1. The van der Waals surface area contributed by atoms with Gasteiger partial charge in [0.05, 0.1) is 6.54 Å². The van der Waals surface area contributed by atoms with Gasteiger partial charge in [-0.05, 0) is 55.1 Å². The second kappa shape index (κ2) is 8.80. The zero-order valence-corrected chi connectivity index (χ0v) is 16.5. The average Bonchev–Trinajstić information content (AvgIpc) is 3.28. The van der Waals surface area contributed by atoms with Crippen LogP contribution < -0.4 is 0 Å². The van der Waals surface area contributed by atoms with E-state index in [0.717, 1.165) is 11.4 Å². The van der Waals surface area contributed by atoms with E-state index < -0.39 is 5.97 Å². The molecule has 0 unspecified atom stereocenters. The van der Waals surface area contributed by atoms with Crippen molar-refractivity contribution < 1.29 is 18.7 Å². The van der Waals surface area contributed by atoms with Crippen molar-refractivity contribution >= 4 is 29.2 Å². The summed E-state index contributed by atoms with van der Waals surface area (Å²) < 4.78 is 20.2. The molecule has 3 aromatic rings. The Kier molecular flexibility index (Phi) is 6.21. The molecule has 0 amide bonds. The lowest BCUT2D eigenvalue weighted by molar-refractivity contribution is -0.136. The molecule has 0 aliphatic carbocycles. The SMILES string of the molecule is Cc1cc(C(=O)COC(=O)/C=C/c2cccc(F)c2)c(C)n1Cc1cccs1. The fraction of sp³-hybridized carbons (Fsp3) is 0.182. The summed E-state index contributed by atoms with van der Waals surface area (Å²) in [6, 6.07) is 11.7. The molecule has 3 rings (SSSR count). The summed E-state index contributed by atoms with van der Waals surface area (Å²) in [6.07, 6.45) is 2.63. The minimum atomic E-state index is -0.648. The van der Waals surface area contributed by atoms with Crippen molar-refractivity contribution in [3.8, 4) is 0 Å². The van der Waals surface area contributed by atoms with Crippen LogP contribution in [0.1, 0.15) is 32.2 Å². The van der Waals surface area contributed by atoms with Crippen molar-refractivity contribution in [1.29, 1.82) is 0 Å². The highest BCUT2D eigenvalue weighted by atomic mass is 32.1. The van der Waals surface area contributed by atoms with Gasteiger partial charge in [0.25, 0.3) is 0 Å². The second-order valence-electron chi connectivity index (χ2n) is 6.37. The van der Waals surface area contributed by atoms with Gasteiger partial charge in [-0.3, -0.25) is 4.79 Å². The zero-order chi connectivity index (χ0) is 20.1. The molecule has 28 heavy (non-hydrogen) atoms. The number of Topliss-reactive ketones (excluding diaryl/α,β-unsaturated/α-hetero) is 1. The van der Waals surface area contributed by atoms with Crippen LogP contribution in [0.15, 0.2) is 53.9 Å². The van der Waals surface area contributed by atoms with E-state index >= 15 is 0 Å². The molecule has 0 aliphatic heterocycles. The number of hydrogen-bond donors (Lipinski definition) is 0. The highest BCUT2D eigenvalue weighted by Gasteiger charge is 2.17. The van der Waals surface area contributed by atoms with Crippen molar-refractivity contribution in [2.75, 3.05) is 6.61 Å². The summed E-state index contributed by atoms with van der Waals surface area (Å²) in [6.45, 7) is 4.21. The minimum absolute atomic E-state index is 0.252. The molecule has 2 aromatic heterocycles. The van der Waals surface area contributed by atoms with Crippen LogP contribution in [0.2, 0.25) is 0 Å². The largest absolute Gasteiger partial charge is 0.454 e. The molecule has 2 heterocycles. The maximum absolute atomic E-state index is 13.1. The Morgan fingerprint density at radius 1 is 1.18 bits per heavy atom. The molecule has 0 saturated heterocycles. The molecule has 0 saturated carbocycles. The van der Waals surface area contributed by atoms with Gasteiger partial charge in [0.2, 0.25) is 5.78 Å². The number of benzene rings is 1. The maximum atomic E-state index is 13.1. The predicted octanol–water partition coefficient (Wildman–Crippen LogP) is 4.79. The molecule has 144 valence electrons. The summed E-state index contributed by atoms with van der Waals surface area (Å²) in [5, 5.41) is 2.02. The van der Waals surface area contributed by atoms with Gasteiger partial charge in [-0.25, -0.2) is 9.18 Å². The number of aryl methyl sites for hydroxylation is 1. The lowest BCUT2D eigenvalue weighted by Gasteiger charge is -2.08. The summed E-state index contributed by atoms with van der Waals surface area (Å²) in [4.78, 5) is 25.5. The van der Waals surface area contributed by atoms with Crippen LogP contribution in [0.4, 0.5) is 4.39 Å². The van der Waals surface area contributed by atoms with Gasteiger partial charge in [-0.15, -0.1) is 11.3 Å². The summed E-state index contributed by atoms with van der Waals surface area (Å²) in [5.74, 6) is -1.29. The Hall–Kier alpha value is -2.99.